The van der Waals surface area contributed by atoms with E-state index in [1.54, 1.807) is 0 Å². The Morgan fingerprint density at radius 2 is 2.36 bits per heavy atom. The highest BCUT2D eigenvalue weighted by Gasteiger charge is 2.23. The number of hydrogen-bond donors (Lipinski definition) is 2. The molecule has 66 valence electrons. The molecule has 2 nitrogen and oxygen atoms in total. The molecule has 1 heterocycles. The monoisotopic (exact) mass is 164 g/mol. The minimum atomic E-state index is -2.58. The van der Waals surface area contributed by atoms with Crippen molar-refractivity contribution in [1.82, 2.24) is 10.6 Å². The minimum Gasteiger partial charge on any atom is -0.315 e. The Bertz CT molecular complexity index is 116. The second kappa shape index (κ2) is 3.45. The highest BCUT2D eigenvalue weighted by atomic mass is 19.3. The zero-order valence-electron chi connectivity index (χ0n) is 6.66. The van der Waals surface area contributed by atoms with Crippen molar-refractivity contribution in [3.8, 4) is 0 Å². The van der Waals surface area contributed by atoms with Gasteiger partial charge in [0.25, 0.3) is 5.92 Å². The van der Waals surface area contributed by atoms with Gasteiger partial charge in [0.15, 0.2) is 0 Å². The van der Waals surface area contributed by atoms with Gasteiger partial charge in [0.2, 0.25) is 0 Å². The summed E-state index contributed by atoms with van der Waals surface area (Å²) < 4.78 is 24.6. The molecule has 0 aliphatic carbocycles. The van der Waals surface area contributed by atoms with Gasteiger partial charge in [-0.1, -0.05) is 0 Å². The minimum absolute atomic E-state index is 0.209. The Hall–Kier alpha value is -0.220. The van der Waals surface area contributed by atoms with Crippen LogP contribution in [0.4, 0.5) is 8.78 Å². The van der Waals surface area contributed by atoms with Crippen molar-refractivity contribution in [3.05, 3.63) is 0 Å². The van der Waals surface area contributed by atoms with Gasteiger partial charge >= 0.3 is 0 Å². The predicted molar refractivity (Wildman–Crippen MR) is 39.9 cm³/mol. The van der Waals surface area contributed by atoms with Gasteiger partial charge in [-0.15, -0.1) is 0 Å². The van der Waals surface area contributed by atoms with Crippen molar-refractivity contribution in [2.24, 2.45) is 0 Å². The van der Waals surface area contributed by atoms with Crippen LogP contribution < -0.4 is 10.6 Å². The Labute approximate surface area is 65.4 Å². The lowest BCUT2D eigenvalue weighted by Gasteiger charge is -2.15. The molecule has 0 spiro atoms. The Morgan fingerprint density at radius 1 is 1.64 bits per heavy atom. The van der Waals surface area contributed by atoms with Gasteiger partial charge < -0.3 is 10.6 Å². The molecule has 0 aromatic carbocycles. The van der Waals surface area contributed by atoms with Crippen LogP contribution in [0.15, 0.2) is 0 Å². The van der Waals surface area contributed by atoms with Gasteiger partial charge in [-0.2, -0.15) is 0 Å². The molecule has 1 aliphatic heterocycles. The van der Waals surface area contributed by atoms with Gasteiger partial charge in [0, 0.05) is 19.5 Å². The maximum atomic E-state index is 12.3. The van der Waals surface area contributed by atoms with E-state index in [9.17, 15) is 8.78 Å². The number of halogens is 2. The summed E-state index contributed by atoms with van der Waals surface area (Å²) in [6.45, 7) is 2.48. The molecular formula is C7H14F2N2. The third-order valence-corrected chi connectivity index (χ3v) is 1.76. The Balaban J connectivity index is 2.11. The van der Waals surface area contributed by atoms with Crippen LogP contribution in [0, 0.1) is 0 Å². The van der Waals surface area contributed by atoms with Crippen molar-refractivity contribution in [1.29, 1.82) is 0 Å². The Morgan fingerprint density at radius 3 is 2.82 bits per heavy atom. The first-order valence-electron chi connectivity index (χ1n) is 3.90. The number of nitrogens with one attached hydrogen (secondary N) is 2. The average molecular weight is 164 g/mol. The summed E-state index contributed by atoms with van der Waals surface area (Å²) >= 11 is 0. The van der Waals surface area contributed by atoms with E-state index >= 15 is 0 Å². The SMILES string of the molecule is CC(F)(F)CNC1CCNC1. The molecule has 1 aliphatic rings. The summed E-state index contributed by atoms with van der Waals surface area (Å²) in [7, 11) is 0. The fourth-order valence-electron chi connectivity index (χ4n) is 1.15. The van der Waals surface area contributed by atoms with Crippen LogP contribution in [-0.2, 0) is 0 Å². The van der Waals surface area contributed by atoms with E-state index in [1.807, 2.05) is 0 Å². The highest BCUT2D eigenvalue weighted by molar-refractivity contribution is 4.78. The summed E-state index contributed by atoms with van der Waals surface area (Å²) in [5, 5.41) is 5.91. The number of rotatable bonds is 3. The second-order valence-electron chi connectivity index (χ2n) is 3.14. The van der Waals surface area contributed by atoms with Gasteiger partial charge in [0.05, 0.1) is 6.54 Å². The lowest BCUT2D eigenvalue weighted by molar-refractivity contribution is 0.0205. The van der Waals surface area contributed by atoms with E-state index in [2.05, 4.69) is 10.6 Å². The van der Waals surface area contributed by atoms with Gasteiger partial charge in [-0.05, 0) is 13.0 Å². The van der Waals surface area contributed by atoms with E-state index in [1.165, 1.54) is 0 Å². The van der Waals surface area contributed by atoms with E-state index in [0.29, 0.717) is 0 Å². The molecule has 0 saturated carbocycles. The molecule has 2 N–H and O–H groups in total. The summed E-state index contributed by atoms with van der Waals surface area (Å²) in [6.07, 6.45) is 0.954. The highest BCUT2D eigenvalue weighted by Crippen LogP contribution is 2.10. The van der Waals surface area contributed by atoms with E-state index in [0.717, 1.165) is 26.4 Å². The van der Waals surface area contributed by atoms with Crippen LogP contribution in [0.1, 0.15) is 13.3 Å². The van der Waals surface area contributed by atoms with Crippen LogP contribution in [0.5, 0.6) is 0 Å². The lowest BCUT2D eigenvalue weighted by Crippen LogP contribution is -2.38. The van der Waals surface area contributed by atoms with Gasteiger partial charge in [-0.25, -0.2) is 8.78 Å². The molecule has 1 unspecified atom stereocenters. The van der Waals surface area contributed by atoms with Crippen LogP contribution >= 0.6 is 0 Å². The van der Waals surface area contributed by atoms with Crippen LogP contribution in [0.2, 0.25) is 0 Å². The largest absolute Gasteiger partial charge is 0.315 e. The van der Waals surface area contributed by atoms with Gasteiger partial charge in [0.1, 0.15) is 0 Å². The first-order chi connectivity index (χ1) is 5.08. The molecule has 0 radical (unpaired) electrons. The number of alkyl halides is 2. The van der Waals surface area contributed by atoms with Crippen LogP contribution in [0.25, 0.3) is 0 Å². The molecule has 4 heteroatoms. The van der Waals surface area contributed by atoms with Crippen molar-refractivity contribution < 1.29 is 8.78 Å². The number of hydrogen-bond acceptors (Lipinski definition) is 2. The molecule has 1 saturated heterocycles. The lowest BCUT2D eigenvalue weighted by atomic mass is 10.2. The average Bonchev–Trinajstić information content (AvgIpc) is 2.32. The topological polar surface area (TPSA) is 24.1 Å². The molecule has 1 rings (SSSR count). The van der Waals surface area contributed by atoms with Gasteiger partial charge in [-0.3, -0.25) is 0 Å². The third kappa shape index (κ3) is 3.62. The first kappa shape index (κ1) is 8.87. The van der Waals surface area contributed by atoms with E-state index in [4.69, 9.17) is 0 Å². The third-order valence-electron chi connectivity index (χ3n) is 1.76. The van der Waals surface area contributed by atoms with Crippen molar-refractivity contribution in [2.45, 2.75) is 25.3 Å². The zero-order chi connectivity index (χ0) is 8.32. The standard InChI is InChI=1S/C7H14F2N2/c1-7(8,9)5-11-6-2-3-10-4-6/h6,10-11H,2-5H2,1H3. The fraction of sp³-hybridized carbons (Fsp3) is 1.00. The molecule has 1 atom stereocenters. The smallest absolute Gasteiger partial charge is 0.257 e. The molecule has 0 amide bonds. The van der Waals surface area contributed by atoms with Crippen molar-refractivity contribution in [2.75, 3.05) is 19.6 Å². The second-order valence-corrected chi connectivity index (χ2v) is 3.14. The molecule has 0 aromatic heterocycles. The summed E-state index contributed by atoms with van der Waals surface area (Å²) in [6, 6.07) is 0.237. The first-order valence-corrected chi connectivity index (χ1v) is 3.90. The maximum Gasteiger partial charge on any atom is 0.257 e. The van der Waals surface area contributed by atoms with E-state index < -0.39 is 5.92 Å². The Kier molecular flexibility index (Phi) is 2.78. The molecular weight excluding hydrogens is 150 g/mol. The summed E-state index contributed by atoms with van der Waals surface area (Å²) in [5.74, 6) is -2.58. The molecule has 0 aromatic rings. The summed E-state index contributed by atoms with van der Waals surface area (Å²) in [4.78, 5) is 0. The van der Waals surface area contributed by atoms with Crippen molar-refractivity contribution >= 4 is 0 Å². The quantitative estimate of drug-likeness (QED) is 0.638. The molecule has 1 fully saturated rings. The normalized spacial score (nSPS) is 25.9. The molecule has 0 bridgehead atoms. The zero-order valence-corrected chi connectivity index (χ0v) is 6.66. The predicted octanol–water partition coefficient (Wildman–Crippen LogP) is 0.593. The summed E-state index contributed by atoms with van der Waals surface area (Å²) in [5.41, 5.74) is 0. The maximum absolute atomic E-state index is 12.3. The van der Waals surface area contributed by atoms with Crippen molar-refractivity contribution in [3.63, 3.8) is 0 Å². The van der Waals surface area contributed by atoms with Crippen LogP contribution in [-0.4, -0.2) is 31.6 Å². The molecule has 11 heavy (non-hydrogen) atoms. The van der Waals surface area contributed by atoms with Crippen LogP contribution in [0.3, 0.4) is 0 Å². The van der Waals surface area contributed by atoms with E-state index in [-0.39, 0.29) is 12.6 Å². The fourth-order valence-corrected chi connectivity index (χ4v) is 1.15.